The lowest BCUT2D eigenvalue weighted by atomic mass is 10.1. The van der Waals surface area contributed by atoms with Crippen molar-refractivity contribution in [3.63, 3.8) is 0 Å². The fraction of sp³-hybridized carbons (Fsp3) is 0. The van der Waals surface area contributed by atoms with E-state index in [1.54, 1.807) is 0 Å². The van der Waals surface area contributed by atoms with E-state index in [2.05, 4.69) is 41.3 Å². The minimum Gasteiger partial charge on any atom is -0.505 e. The zero-order valence-electron chi connectivity index (χ0n) is 20.6. The van der Waals surface area contributed by atoms with Crippen LogP contribution < -0.4 is 10.6 Å². The van der Waals surface area contributed by atoms with Crippen LogP contribution in [0.15, 0.2) is 68.6 Å². The molecule has 0 saturated heterocycles. The molecule has 4 aromatic rings. The molecule has 0 unspecified atom stereocenters. The van der Waals surface area contributed by atoms with E-state index in [4.69, 9.17) is 8.08 Å². The van der Waals surface area contributed by atoms with E-state index in [0.29, 0.717) is 22.8 Å². The van der Waals surface area contributed by atoms with Gasteiger partial charge in [-0.05, 0) is 59.3 Å². The van der Waals surface area contributed by atoms with Gasteiger partial charge < -0.3 is 20.8 Å². The van der Waals surface area contributed by atoms with Crippen molar-refractivity contribution in [3.05, 3.63) is 48.5 Å². The quantitative estimate of drug-likeness (QED) is 0.0404. The zero-order valence-corrected chi connectivity index (χ0v) is 20.2. The highest BCUT2D eigenvalue weighted by Crippen LogP contribution is 2.44. The third-order valence-corrected chi connectivity index (χ3v) is 6.74. The van der Waals surface area contributed by atoms with Gasteiger partial charge in [-0.15, -0.1) is 4.33 Å². The Labute approximate surface area is 219 Å². The predicted molar refractivity (Wildman–Crippen MR) is 134 cm³/mol. The van der Waals surface area contributed by atoms with Gasteiger partial charge in [-0.2, -0.15) is 18.6 Å². The molecule has 17 heteroatoms. The summed E-state index contributed by atoms with van der Waals surface area (Å²) >= 11 is 0.485. The van der Waals surface area contributed by atoms with Crippen molar-refractivity contribution in [2.24, 2.45) is 10.2 Å². The SMILES string of the molecule is [3H]/N=N/c1c(SOOO)cc2cc(NC(=O)Nc3ccc4c(O)c(/N=N/[3H])c(S(=O)(=O)O)cc4c3)ccc2c1O. The number of hydrogen-bond donors (Lipinski definition) is 8. The first-order valence-electron chi connectivity index (χ1n) is 11.0. The van der Waals surface area contributed by atoms with Gasteiger partial charge >= 0.3 is 6.03 Å². The first-order valence-corrected chi connectivity index (χ1v) is 12.3. The van der Waals surface area contributed by atoms with Gasteiger partial charge in [0.1, 0.15) is 16.3 Å². The molecule has 0 aliphatic rings. The van der Waals surface area contributed by atoms with Crippen LogP contribution in [-0.4, -0.2) is 34.5 Å². The Kier molecular flexibility index (Phi) is 6.65. The van der Waals surface area contributed by atoms with Crippen molar-refractivity contribution in [1.29, 1.82) is 11.0 Å². The maximum absolute atomic E-state index is 12.7. The number of anilines is 2. The molecule has 2 amide bonds. The number of phenolic OH excluding ortho intramolecular Hbond substituents is 2. The summed E-state index contributed by atoms with van der Waals surface area (Å²) in [5, 5.41) is 45.8. The summed E-state index contributed by atoms with van der Waals surface area (Å²) in [6, 6.07) is 10.3. The molecular weight excluding hydrogens is 544 g/mol. The second-order valence-electron chi connectivity index (χ2n) is 7.50. The third-order valence-electron chi connectivity index (χ3n) is 5.25. The second-order valence-corrected chi connectivity index (χ2v) is 9.63. The number of carbonyl (C=O) groups excluding carboxylic acids is 1. The number of amides is 2. The highest BCUT2D eigenvalue weighted by atomic mass is 32.2. The van der Waals surface area contributed by atoms with Crippen molar-refractivity contribution in [3.8, 4) is 11.5 Å². The van der Waals surface area contributed by atoms with Crippen LogP contribution in [0.1, 0.15) is 0 Å². The van der Waals surface area contributed by atoms with Crippen molar-refractivity contribution in [2.45, 2.75) is 9.79 Å². The number of phenols is 2. The van der Waals surface area contributed by atoms with Crippen LogP contribution in [-0.2, 0) is 19.5 Å². The summed E-state index contributed by atoms with van der Waals surface area (Å²) in [5.74, 6) is -0.984. The van der Waals surface area contributed by atoms with Gasteiger partial charge in [-0.1, -0.05) is 5.04 Å². The summed E-state index contributed by atoms with van der Waals surface area (Å²) in [6.45, 7) is 0. The second kappa shape index (κ2) is 10.5. The molecule has 0 aromatic heterocycles. The molecule has 0 bridgehead atoms. The van der Waals surface area contributed by atoms with Gasteiger partial charge in [0.25, 0.3) is 10.1 Å². The standard InChI is InChI=1S/C21H16N6O9S2/c22-26-17-15(37-36-35-31)7-9-5-11(1-3-13(9)19(17)28)24-21(30)25-12-2-4-14-10(6-12)8-16(38(32,33)34)18(27-23)20(14)29/h1-8,22-23,28-29,31H,(H2,24,25,30)(H,32,33,34)/b26-22+,27-23+/i/hT2. The normalized spacial score (nSPS) is 12.8. The van der Waals surface area contributed by atoms with Crippen LogP contribution >= 0.6 is 12.0 Å². The molecule has 4 aromatic carbocycles. The van der Waals surface area contributed by atoms with E-state index in [-0.39, 0.29) is 38.5 Å². The molecule has 0 spiro atoms. The first-order chi connectivity index (χ1) is 19.1. The van der Waals surface area contributed by atoms with E-state index >= 15 is 0 Å². The summed E-state index contributed by atoms with van der Waals surface area (Å²) in [5.41, 5.74) is 5.36. The number of benzene rings is 4. The van der Waals surface area contributed by atoms with Gasteiger partial charge in [0.15, 0.2) is 11.5 Å². The van der Waals surface area contributed by atoms with Gasteiger partial charge in [0.2, 0.25) is 2.82 Å². The number of rotatable bonds is 8. The number of aromatic hydroxyl groups is 2. The lowest BCUT2D eigenvalue weighted by molar-refractivity contribution is -0.432. The van der Waals surface area contributed by atoms with Crippen molar-refractivity contribution in [2.75, 3.05) is 10.6 Å². The summed E-state index contributed by atoms with van der Waals surface area (Å²) in [7, 11) is -4.85. The Bertz CT molecular complexity index is 1810. The van der Waals surface area contributed by atoms with Gasteiger partial charge in [-0.3, -0.25) is 4.55 Å². The summed E-state index contributed by atoms with van der Waals surface area (Å²) in [4.78, 5) is 12.0. The lowest BCUT2D eigenvalue weighted by Crippen LogP contribution is -2.19. The summed E-state index contributed by atoms with van der Waals surface area (Å²) < 4.78 is 51.2. The van der Waals surface area contributed by atoms with Crippen LogP contribution in [0.2, 0.25) is 2.82 Å². The molecule has 0 atom stereocenters. The monoisotopic (exact) mass is 564 g/mol. The Morgan fingerprint density at radius 1 is 0.921 bits per heavy atom. The van der Waals surface area contributed by atoms with E-state index in [1.165, 1.54) is 42.5 Å². The average molecular weight is 565 g/mol. The Balaban J connectivity index is 1.63. The zero-order chi connectivity index (χ0) is 29.0. The van der Waals surface area contributed by atoms with Crippen LogP contribution in [0.3, 0.4) is 0 Å². The smallest absolute Gasteiger partial charge is 0.323 e. The Hall–Kier alpha value is -4.39. The topological polar surface area (TPSA) is 247 Å². The van der Waals surface area contributed by atoms with Crippen molar-refractivity contribution in [1.82, 2.24) is 0 Å². The van der Waals surface area contributed by atoms with Crippen molar-refractivity contribution >= 4 is 72.5 Å². The molecule has 196 valence electrons. The van der Waals surface area contributed by atoms with E-state index in [1.807, 2.05) is 0 Å². The fourth-order valence-electron chi connectivity index (χ4n) is 3.66. The fourth-order valence-corrected chi connectivity index (χ4v) is 4.81. The molecule has 8 N–H and O–H groups in total. The number of carbonyl (C=O) groups is 1. The van der Waals surface area contributed by atoms with E-state index in [0.717, 1.165) is 6.07 Å². The molecule has 0 radical (unpaired) electrons. The number of urea groups is 1. The molecular formula is C21H16N6O9S2. The molecule has 4 rings (SSSR count). The molecule has 0 aliphatic heterocycles. The van der Waals surface area contributed by atoms with Crippen LogP contribution in [0, 0.1) is 11.0 Å². The number of nitrogens with one attached hydrogen (secondary N) is 4. The largest absolute Gasteiger partial charge is 0.505 e. The molecule has 38 heavy (non-hydrogen) atoms. The van der Waals surface area contributed by atoms with Gasteiger partial charge in [-0.25, -0.2) is 21.1 Å². The third kappa shape index (κ3) is 5.18. The Morgan fingerprint density at radius 3 is 2.03 bits per heavy atom. The minimum atomic E-state index is -4.85. The van der Waals surface area contributed by atoms with Crippen molar-refractivity contribution < 1.29 is 45.4 Å². The highest BCUT2D eigenvalue weighted by Gasteiger charge is 2.22. The van der Waals surface area contributed by atoms with Gasteiger partial charge in [0, 0.05) is 22.1 Å². The molecule has 0 heterocycles. The van der Waals surface area contributed by atoms with Crippen LogP contribution in [0.25, 0.3) is 21.5 Å². The van der Waals surface area contributed by atoms with E-state index in [9.17, 15) is 28.0 Å². The predicted octanol–water partition coefficient (Wildman–Crippen LogP) is 6.05. The first kappa shape index (κ1) is 24.0. The maximum atomic E-state index is 12.7. The highest BCUT2D eigenvalue weighted by molar-refractivity contribution is 7.94. The van der Waals surface area contributed by atoms with Gasteiger partial charge in [0.05, 0.1) is 16.9 Å². The Morgan fingerprint density at radius 2 is 1.47 bits per heavy atom. The minimum absolute atomic E-state index is 0.114. The molecule has 0 saturated carbocycles. The molecule has 15 nitrogen and oxygen atoms in total. The average Bonchev–Trinajstić information content (AvgIpc) is 2.90. The maximum Gasteiger partial charge on any atom is 0.323 e. The number of fused-ring (bicyclic) bond motifs is 2. The van der Waals surface area contributed by atoms with Crippen LogP contribution in [0.4, 0.5) is 27.5 Å². The van der Waals surface area contributed by atoms with Crippen LogP contribution in [0.5, 0.6) is 11.5 Å². The number of nitrogens with zero attached hydrogens (tertiary/aromatic N) is 2. The number of hydrogen-bond acceptors (Lipinski definition) is 13. The molecule has 0 fully saturated rings. The summed E-state index contributed by atoms with van der Waals surface area (Å²) in [6.07, 6.45) is 0. The molecule has 0 aliphatic carbocycles. The lowest BCUT2D eigenvalue weighted by Gasteiger charge is -2.12. The van der Waals surface area contributed by atoms with E-state index < -0.39 is 32.5 Å².